The molecule has 0 spiro atoms. The molecule has 2 amide bonds. The Labute approximate surface area is 100 Å². The molecule has 0 saturated carbocycles. The van der Waals surface area contributed by atoms with Crippen LogP contribution in [0.3, 0.4) is 0 Å². The zero-order valence-electron chi connectivity index (χ0n) is 8.34. The van der Waals surface area contributed by atoms with Crippen LogP contribution in [0, 0.1) is 0 Å². The summed E-state index contributed by atoms with van der Waals surface area (Å²) in [5, 5.41) is 2.53. The van der Waals surface area contributed by atoms with Gasteiger partial charge < -0.3 is 11.1 Å². The largest absolute Gasteiger partial charge is 0.352 e. The second-order valence-electron chi connectivity index (χ2n) is 2.95. The molecule has 0 radical (unpaired) electrons. The average Bonchev–Trinajstić information content (AvgIpc) is 2.66. The summed E-state index contributed by atoms with van der Waals surface area (Å²) in [5.74, 6) is 0.753. The van der Waals surface area contributed by atoms with Crippen molar-refractivity contribution in [3.05, 3.63) is 18.3 Å². The average molecular weight is 254 g/mol. The van der Waals surface area contributed by atoms with E-state index in [9.17, 15) is 4.79 Å². The number of thioether (sulfide) groups is 1. The number of nitrogens with one attached hydrogen (secondary N) is 1. The highest BCUT2D eigenvalue weighted by molar-refractivity contribution is 8.01. The molecule has 3 N–H and O–H groups in total. The Morgan fingerprint density at radius 1 is 1.62 bits per heavy atom. The van der Waals surface area contributed by atoms with Gasteiger partial charge in [-0.15, -0.1) is 0 Å². The van der Waals surface area contributed by atoms with Crippen molar-refractivity contribution in [1.29, 1.82) is 0 Å². The lowest BCUT2D eigenvalue weighted by molar-refractivity contribution is 0.249. The first-order valence-electron chi connectivity index (χ1n) is 4.63. The van der Waals surface area contributed by atoms with Gasteiger partial charge in [-0.25, -0.2) is 14.8 Å². The van der Waals surface area contributed by atoms with Crippen LogP contribution in [0.4, 0.5) is 4.79 Å². The number of hydrogen-bond acceptors (Lipinski definition) is 5. The number of carbonyl (C=O) groups excluding carboxylic acids is 1. The number of nitrogens with zero attached hydrogens (tertiary/aromatic N) is 2. The Balaban J connectivity index is 1.92. The lowest BCUT2D eigenvalue weighted by Crippen LogP contribution is -2.30. The van der Waals surface area contributed by atoms with Crippen molar-refractivity contribution in [2.45, 2.75) is 4.34 Å². The zero-order valence-corrected chi connectivity index (χ0v) is 9.98. The van der Waals surface area contributed by atoms with Crippen molar-refractivity contribution in [3.8, 4) is 0 Å². The molecule has 0 aliphatic rings. The first kappa shape index (κ1) is 11.2. The third kappa shape index (κ3) is 2.83. The molecular weight excluding hydrogens is 244 g/mol. The molecule has 2 aromatic heterocycles. The Kier molecular flexibility index (Phi) is 3.58. The van der Waals surface area contributed by atoms with Gasteiger partial charge in [0.05, 0.1) is 0 Å². The van der Waals surface area contributed by atoms with Gasteiger partial charge in [-0.3, -0.25) is 0 Å². The van der Waals surface area contributed by atoms with Crippen molar-refractivity contribution >= 4 is 39.5 Å². The summed E-state index contributed by atoms with van der Waals surface area (Å²) in [6.45, 7) is 0.545. The summed E-state index contributed by atoms with van der Waals surface area (Å²) in [7, 11) is 0. The molecule has 2 aromatic rings. The van der Waals surface area contributed by atoms with E-state index < -0.39 is 6.03 Å². The Bertz CT molecular complexity index is 466. The molecule has 7 heteroatoms. The predicted molar refractivity (Wildman–Crippen MR) is 65.7 cm³/mol. The van der Waals surface area contributed by atoms with E-state index in [1.54, 1.807) is 29.3 Å². The molecule has 2 heterocycles. The van der Waals surface area contributed by atoms with Crippen LogP contribution in [0.1, 0.15) is 0 Å². The summed E-state index contributed by atoms with van der Waals surface area (Å²) in [5.41, 5.74) is 5.87. The number of fused-ring (bicyclic) bond motifs is 1. The number of primary amides is 1. The van der Waals surface area contributed by atoms with E-state index in [0.717, 1.165) is 20.4 Å². The van der Waals surface area contributed by atoms with Crippen LogP contribution in [0.15, 0.2) is 22.7 Å². The lowest BCUT2D eigenvalue weighted by Gasteiger charge is -1.98. The molecule has 84 valence electrons. The van der Waals surface area contributed by atoms with Gasteiger partial charge in [-0.1, -0.05) is 23.1 Å². The van der Waals surface area contributed by atoms with E-state index in [1.165, 1.54) is 0 Å². The van der Waals surface area contributed by atoms with E-state index in [1.807, 2.05) is 12.1 Å². The topological polar surface area (TPSA) is 80.9 Å². The van der Waals surface area contributed by atoms with Crippen molar-refractivity contribution in [3.63, 3.8) is 0 Å². The van der Waals surface area contributed by atoms with Crippen molar-refractivity contribution in [1.82, 2.24) is 15.3 Å². The van der Waals surface area contributed by atoms with Crippen LogP contribution in [-0.2, 0) is 0 Å². The van der Waals surface area contributed by atoms with Crippen molar-refractivity contribution in [2.75, 3.05) is 12.3 Å². The van der Waals surface area contributed by atoms with Gasteiger partial charge in [0.15, 0.2) is 4.34 Å². The lowest BCUT2D eigenvalue weighted by atomic mass is 10.5. The van der Waals surface area contributed by atoms with Crippen LogP contribution >= 0.6 is 23.1 Å². The van der Waals surface area contributed by atoms with Crippen molar-refractivity contribution in [2.24, 2.45) is 5.73 Å². The fraction of sp³-hybridized carbons (Fsp3) is 0.222. The van der Waals surface area contributed by atoms with E-state index in [2.05, 4.69) is 15.3 Å². The number of pyridine rings is 1. The number of carbonyl (C=O) groups is 1. The number of hydrogen-bond donors (Lipinski definition) is 2. The summed E-state index contributed by atoms with van der Waals surface area (Å²) >= 11 is 3.14. The molecule has 0 aliphatic heterocycles. The van der Waals surface area contributed by atoms with Crippen LogP contribution < -0.4 is 11.1 Å². The normalized spacial score (nSPS) is 10.5. The second kappa shape index (κ2) is 5.13. The van der Waals surface area contributed by atoms with Gasteiger partial charge >= 0.3 is 6.03 Å². The van der Waals surface area contributed by atoms with Gasteiger partial charge in [0.2, 0.25) is 0 Å². The number of aromatic nitrogens is 2. The van der Waals surface area contributed by atoms with Crippen LogP contribution in [0.25, 0.3) is 10.3 Å². The van der Waals surface area contributed by atoms with Crippen LogP contribution in [0.2, 0.25) is 0 Å². The summed E-state index contributed by atoms with van der Waals surface area (Å²) in [6, 6.07) is 3.31. The van der Waals surface area contributed by atoms with Crippen molar-refractivity contribution < 1.29 is 4.79 Å². The number of urea groups is 1. The van der Waals surface area contributed by atoms with Gasteiger partial charge in [0, 0.05) is 18.5 Å². The molecule has 0 saturated heterocycles. The monoisotopic (exact) mass is 254 g/mol. The van der Waals surface area contributed by atoms with Crippen LogP contribution in [0.5, 0.6) is 0 Å². The minimum absolute atomic E-state index is 0.494. The fourth-order valence-corrected chi connectivity index (χ4v) is 3.03. The molecule has 2 rings (SSSR count). The maximum Gasteiger partial charge on any atom is 0.312 e. The summed E-state index contributed by atoms with van der Waals surface area (Å²) in [4.78, 5) is 20.0. The highest BCUT2D eigenvalue weighted by Gasteiger charge is 2.04. The maximum atomic E-state index is 10.4. The smallest absolute Gasteiger partial charge is 0.312 e. The minimum Gasteiger partial charge on any atom is -0.352 e. The number of rotatable bonds is 4. The standard InChI is InChI=1S/C9H10N4OS2/c10-8(14)12-4-5-15-9-13-6-2-1-3-11-7(6)16-9/h1-3H,4-5H2,(H3,10,12,14). The third-order valence-corrected chi connectivity index (χ3v) is 3.90. The molecule has 0 fully saturated rings. The molecule has 5 nitrogen and oxygen atoms in total. The minimum atomic E-state index is -0.494. The molecule has 0 atom stereocenters. The summed E-state index contributed by atoms with van der Waals surface area (Å²) < 4.78 is 0.958. The molecule has 0 aromatic carbocycles. The van der Waals surface area contributed by atoms with E-state index >= 15 is 0 Å². The molecule has 0 aliphatic carbocycles. The number of thiazole rings is 1. The molecular formula is C9H10N4OS2. The van der Waals surface area contributed by atoms with Gasteiger partial charge in [0.25, 0.3) is 0 Å². The molecule has 16 heavy (non-hydrogen) atoms. The van der Waals surface area contributed by atoms with E-state index in [-0.39, 0.29) is 0 Å². The Hall–Kier alpha value is -1.34. The maximum absolute atomic E-state index is 10.4. The quantitative estimate of drug-likeness (QED) is 0.639. The number of nitrogens with two attached hydrogens (primary N) is 1. The van der Waals surface area contributed by atoms with Gasteiger partial charge in [-0.05, 0) is 12.1 Å². The fourth-order valence-electron chi connectivity index (χ4n) is 1.12. The zero-order chi connectivity index (χ0) is 11.4. The van der Waals surface area contributed by atoms with Crippen LogP contribution in [-0.4, -0.2) is 28.3 Å². The highest BCUT2D eigenvalue weighted by atomic mass is 32.2. The van der Waals surface area contributed by atoms with Gasteiger partial charge in [0.1, 0.15) is 10.3 Å². The van der Waals surface area contributed by atoms with E-state index in [4.69, 9.17) is 5.73 Å². The summed E-state index contributed by atoms with van der Waals surface area (Å²) in [6.07, 6.45) is 1.75. The molecule has 0 unspecified atom stereocenters. The number of amides is 2. The second-order valence-corrected chi connectivity index (χ2v) is 5.27. The first-order valence-corrected chi connectivity index (χ1v) is 6.43. The van der Waals surface area contributed by atoms with E-state index in [0.29, 0.717) is 6.54 Å². The molecule has 0 bridgehead atoms. The Morgan fingerprint density at radius 2 is 2.50 bits per heavy atom. The highest BCUT2D eigenvalue weighted by Crippen LogP contribution is 2.27. The third-order valence-electron chi connectivity index (χ3n) is 1.77. The Morgan fingerprint density at radius 3 is 3.25 bits per heavy atom. The van der Waals surface area contributed by atoms with Gasteiger partial charge in [-0.2, -0.15) is 0 Å². The first-order chi connectivity index (χ1) is 7.75. The SMILES string of the molecule is NC(=O)NCCSc1nc2cccnc2s1. The predicted octanol–water partition coefficient (Wildman–Crippen LogP) is 1.45.